The average molecular weight is 291 g/mol. The molecule has 0 bridgehead atoms. The lowest BCUT2D eigenvalue weighted by atomic mass is 10.1. The smallest absolute Gasteiger partial charge is 0.344 e. The van der Waals surface area contributed by atoms with Gasteiger partial charge in [-0.15, -0.1) is 0 Å². The summed E-state index contributed by atoms with van der Waals surface area (Å²) in [5.74, 6) is -0.255. The molecule has 3 N–H and O–H groups in total. The molecule has 20 heavy (non-hydrogen) atoms. The summed E-state index contributed by atoms with van der Waals surface area (Å²) in [4.78, 5) is 11.6. The standard InChI is InChI=1S/C14H17N3O2S/c1-9-4-3-5-10(8-9)6-7-16-13-11(14(18)19-2)12(15)17-20-13/h3-5,8,16H,6-7H2,1-2H3,(H2,15,17). The molecule has 1 heterocycles. The van der Waals surface area contributed by atoms with Crippen LogP contribution in [0.2, 0.25) is 0 Å². The third-order valence-electron chi connectivity index (χ3n) is 2.89. The molecule has 0 unspecified atom stereocenters. The lowest BCUT2D eigenvalue weighted by Gasteiger charge is -2.06. The SMILES string of the molecule is COC(=O)c1c(N)nsc1NCCc1cccc(C)c1. The normalized spacial score (nSPS) is 10.3. The van der Waals surface area contributed by atoms with Crippen molar-refractivity contribution >= 4 is 28.3 Å². The fraction of sp³-hybridized carbons (Fsp3) is 0.286. The average Bonchev–Trinajstić information content (AvgIpc) is 2.79. The van der Waals surface area contributed by atoms with Crippen LogP contribution in [0.15, 0.2) is 24.3 Å². The fourth-order valence-electron chi connectivity index (χ4n) is 1.91. The van der Waals surface area contributed by atoms with E-state index in [4.69, 9.17) is 10.5 Å². The monoisotopic (exact) mass is 291 g/mol. The van der Waals surface area contributed by atoms with Gasteiger partial charge in [-0.2, -0.15) is 4.37 Å². The molecule has 0 atom stereocenters. The number of ether oxygens (including phenoxy) is 1. The van der Waals surface area contributed by atoms with Crippen molar-refractivity contribution in [1.29, 1.82) is 0 Å². The van der Waals surface area contributed by atoms with Crippen LogP contribution in [0.4, 0.5) is 10.8 Å². The lowest BCUT2D eigenvalue weighted by molar-refractivity contribution is 0.0603. The summed E-state index contributed by atoms with van der Waals surface area (Å²) >= 11 is 1.17. The molecule has 0 amide bonds. The van der Waals surface area contributed by atoms with E-state index in [1.54, 1.807) is 0 Å². The van der Waals surface area contributed by atoms with E-state index in [1.807, 2.05) is 6.07 Å². The Hall–Kier alpha value is -2.08. The summed E-state index contributed by atoms with van der Waals surface area (Å²) in [6.45, 7) is 2.77. The molecule has 6 heteroatoms. The Balaban J connectivity index is 1.99. The number of nitrogen functional groups attached to an aromatic ring is 1. The molecule has 106 valence electrons. The number of nitrogens with zero attached hydrogens (tertiary/aromatic N) is 1. The summed E-state index contributed by atoms with van der Waals surface area (Å²) in [6.07, 6.45) is 0.861. The van der Waals surface area contributed by atoms with Gasteiger partial charge in [0, 0.05) is 6.54 Å². The van der Waals surface area contributed by atoms with E-state index >= 15 is 0 Å². The van der Waals surface area contributed by atoms with E-state index in [0.717, 1.165) is 6.42 Å². The Bertz CT molecular complexity index is 610. The van der Waals surface area contributed by atoms with E-state index in [-0.39, 0.29) is 5.82 Å². The molecule has 2 rings (SSSR count). The number of esters is 1. The highest BCUT2D eigenvalue weighted by Gasteiger charge is 2.19. The minimum absolute atomic E-state index is 0.208. The van der Waals surface area contributed by atoms with Crippen LogP contribution in [0, 0.1) is 6.92 Å². The molecule has 0 fully saturated rings. The molecule has 0 aliphatic rings. The van der Waals surface area contributed by atoms with Crippen LogP contribution in [0.3, 0.4) is 0 Å². The number of nitrogens with two attached hydrogens (primary N) is 1. The largest absolute Gasteiger partial charge is 0.465 e. The van der Waals surface area contributed by atoms with Gasteiger partial charge >= 0.3 is 5.97 Å². The van der Waals surface area contributed by atoms with Crippen molar-refractivity contribution in [3.8, 4) is 0 Å². The Morgan fingerprint density at radius 1 is 1.50 bits per heavy atom. The molecule has 0 radical (unpaired) electrons. The molecule has 0 spiro atoms. The number of aromatic nitrogens is 1. The zero-order valence-electron chi connectivity index (χ0n) is 11.5. The molecule has 5 nitrogen and oxygen atoms in total. The van der Waals surface area contributed by atoms with E-state index in [2.05, 4.69) is 34.8 Å². The second-order valence-electron chi connectivity index (χ2n) is 4.43. The first-order valence-corrected chi connectivity index (χ1v) is 7.02. The third-order valence-corrected chi connectivity index (χ3v) is 3.71. The molecular formula is C14H17N3O2S. The van der Waals surface area contributed by atoms with Gasteiger partial charge in [0.1, 0.15) is 10.6 Å². The third kappa shape index (κ3) is 3.27. The number of carbonyl (C=O) groups excluding carboxylic acids is 1. The quantitative estimate of drug-likeness (QED) is 0.828. The molecule has 2 aromatic rings. The van der Waals surface area contributed by atoms with E-state index in [9.17, 15) is 4.79 Å². The summed E-state index contributed by atoms with van der Waals surface area (Å²) < 4.78 is 8.69. The van der Waals surface area contributed by atoms with Crippen molar-refractivity contribution < 1.29 is 9.53 Å². The molecule has 0 saturated carbocycles. The van der Waals surface area contributed by atoms with Crippen molar-refractivity contribution in [2.75, 3.05) is 24.7 Å². The second kappa shape index (κ2) is 6.38. The molecule has 0 aliphatic carbocycles. The second-order valence-corrected chi connectivity index (χ2v) is 5.20. The van der Waals surface area contributed by atoms with Crippen molar-refractivity contribution in [2.24, 2.45) is 0 Å². The van der Waals surface area contributed by atoms with Gasteiger partial charge in [-0.25, -0.2) is 4.79 Å². The van der Waals surface area contributed by atoms with Gasteiger partial charge in [-0.3, -0.25) is 0 Å². The van der Waals surface area contributed by atoms with Crippen molar-refractivity contribution in [2.45, 2.75) is 13.3 Å². The first-order chi connectivity index (χ1) is 9.61. The van der Waals surface area contributed by atoms with Gasteiger partial charge < -0.3 is 15.8 Å². The number of benzene rings is 1. The summed E-state index contributed by atoms with van der Waals surface area (Å²) in [7, 11) is 1.33. The summed E-state index contributed by atoms with van der Waals surface area (Å²) in [5.41, 5.74) is 8.48. The lowest BCUT2D eigenvalue weighted by Crippen LogP contribution is -2.10. The van der Waals surface area contributed by atoms with Crippen LogP contribution in [0.1, 0.15) is 21.5 Å². The van der Waals surface area contributed by atoms with Crippen LogP contribution < -0.4 is 11.1 Å². The number of nitrogens with one attached hydrogen (secondary N) is 1. The minimum atomic E-state index is -0.464. The van der Waals surface area contributed by atoms with Gasteiger partial charge in [0.2, 0.25) is 0 Å². The van der Waals surface area contributed by atoms with E-state index in [0.29, 0.717) is 17.1 Å². The molecular weight excluding hydrogens is 274 g/mol. The van der Waals surface area contributed by atoms with Crippen LogP contribution in [-0.4, -0.2) is 24.0 Å². The Kier molecular flexibility index (Phi) is 4.57. The topological polar surface area (TPSA) is 77.2 Å². The Morgan fingerprint density at radius 3 is 3.00 bits per heavy atom. The van der Waals surface area contributed by atoms with Crippen molar-refractivity contribution in [1.82, 2.24) is 4.37 Å². The number of anilines is 2. The number of aryl methyl sites for hydroxylation is 1. The maximum absolute atomic E-state index is 11.6. The van der Waals surface area contributed by atoms with Crippen molar-refractivity contribution in [3.63, 3.8) is 0 Å². The minimum Gasteiger partial charge on any atom is -0.465 e. The maximum atomic E-state index is 11.6. The highest BCUT2D eigenvalue weighted by molar-refractivity contribution is 7.11. The van der Waals surface area contributed by atoms with E-state index in [1.165, 1.54) is 29.8 Å². The Labute approximate surface area is 121 Å². The Morgan fingerprint density at radius 2 is 2.30 bits per heavy atom. The zero-order chi connectivity index (χ0) is 14.5. The highest BCUT2D eigenvalue weighted by atomic mass is 32.1. The van der Waals surface area contributed by atoms with Crippen LogP contribution in [0.5, 0.6) is 0 Å². The van der Waals surface area contributed by atoms with Gasteiger partial charge in [0.15, 0.2) is 5.82 Å². The number of rotatable bonds is 5. The summed E-state index contributed by atoms with van der Waals surface area (Å²) in [5, 5.41) is 3.85. The highest BCUT2D eigenvalue weighted by Crippen LogP contribution is 2.27. The molecule has 1 aromatic heterocycles. The van der Waals surface area contributed by atoms with Crippen molar-refractivity contribution in [3.05, 3.63) is 41.0 Å². The summed E-state index contributed by atoms with van der Waals surface area (Å²) in [6, 6.07) is 8.33. The predicted molar refractivity (Wildman–Crippen MR) is 81.2 cm³/mol. The molecule has 1 aromatic carbocycles. The number of hydrogen-bond donors (Lipinski definition) is 2. The predicted octanol–water partition coefficient (Wildman–Crippen LogP) is 2.47. The van der Waals surface area contributed by atoms with Crippen LogP contribution in [0.25, 0.3) is 0 Å². The van der Waals surface area contributed by atoms with Gasteiger partial charge in [0.05, 0.1) is 7.11 Å². The van der Waals surface area contributed by atoms with Crippen LogP contribution in [-0.2, 0) is 11.2 Å². The van der Waals surface area contributed by atoms with Gasteiger partial charge in [-0.05, 0) is 30.4 Å². The fourth-order valence-corrected chi connectivity index (χ4v) is 2.64. The number of hydrogen-bond acceptors (Lipinski definition) is 6. The van der Waals surface area contributed by atoms with Gasteiger partial charge in [0.25, 0.3) is 0 Å². The molecule has 0 saturated heterocycles. The number of carbonyl (C=O) groups is 1. The zero-order valence-corrected chi connectivity index (χ0v) is 12.3. The maximum Gasteiger partial charge on any atom is 0.344 e. The first-order valence-electron chi connectivity index (χ1n) is 6.24. The number of methoxy groups -OCH3 is 1. The first kappa shape index (κ1) is 14.3. The van der Waals surface area contributed by atoms with Crippen LogP contribution >= 0.6 is 11.5 Å². The molecule has 0 aliphatic heterocycles. The van der Waals surface area contributed by atoms with E-state index < -0.39 is 5.97 Å². The van der Waals surface area contributed by atoms with Gasteiger partial charge in [-0.1, -0.05) is 29.8 Å².